The van der Waals surface area contributed by atoms with E-state index < -0.39 is 0 Å². The summed E-state index contributed by atoms with van der Waals surface area (Å²) in [6.07, 6.45) is 1.83. The van der Waals surface area contributed by atoms with E-state index in [0.29, 0.717) is 16.5 Å². The van der Waals surface area contributed by atoms with Crippen LogP contribution in [0.25, 0.3) is 10.9 Å². The fraction of sp³-hybridized carbons (Fsp3) is 0.333. The Morgan fingerprint density at radius 3 is 2.77 bits per heavy atom. The van der Waals surface area contributed by atoms with Gasteiger partial charge in [-0.25, -0.2) is 0 Å². The van der Waals surface area contributed by atoms with Crippen molar-refractivity contribution in [1.82, 2.24) is 10.3 Å². The summed E-state index contributed by atoms with van der Waals surface area (Å²) in [5.41, 5.74) is 6.22. The summed E-state index contributed by atoms with van der Waals surface area (Å²) in [7, 11) is 3.24. The molecule has 0 saturated carbocycles. The van der Waals surface area contributed by atoms with Gasteiger partial charge in [0, 0.05) is 16.6 Å². The van der Waals surface area contributed by atoms with Crippen molar-refractivity contribution in [3.05, 3.63) is 57.7 Å². The number of aryl methyl sites for hydroxylation is 1. The van der Waals surface area contributed by atoms with Crippen molar-refractivity contribution in [1.29, 1.82) is 0 Å². The fourth-order valence-corrected chi connectivity index (χ4v) is 4.21. The van der Waals surface area contributed by atoms with Crippen LogP contribution in [0.4, 0.5) is 0 Å². The molecule has 1 aliphatic rings. The molecule has 0 unspecified atom stereocenters. The first-order chi connectivity index (χ1) is 12.6. The van der Waals surface area contributed by atoms with Crippen LogP contribution in [-0.2, 0) is 12.8 Å². The molecule has 2 aromatic carbocycles. The maximum atomic E-state index is 6.60. The van der Waals surface area contributed by atoms with E-state index >= 15 is 0 Å². The second-order valence-corrected chi connectivity index (χ2v) is 7.18. The summed E-state index contributed by atoms with van der Waals surface area (Å²) in [6.45, 7) is 3.10. The Morgan fingerprint density at radius 2 is 2.00 bits per heavy atom. The Labute approximate surface area is 158 Å². The molecule has 1 aliphatic heterocycles. The Bertz CT molecular complexity index is 964. The number of ether oxygens (including phenoxy) is 2. The molecule has 0 saturated heterocycles. The van der Waals surface area contributed by atoms with Crippen LogP contribution in [0.2, 0.25) is 5.02 Å². The number of aromatic amines is 1. The van der Waals surface area contributed by atoms with Gasteiger partial charge in [-0.15, -0.1) is 0 Å². The smallest absolute Gasteiger partial charge is 0.179 e. The van der Waals surface area contributed by atoms with Gasteiger partial charge in [0.2, 0.25) is 0 Å². The van der Waals surface area contributed by atoms with Crippen LogP contribution in [-0.4, -0.2) is 25.7 Å². The quantitative estimate of drug-likeness (QED) is 0.706. The zero-order valence-electron chi connectivity index (χ0n) is 15.3. The monoisotopic (exact) mass is 370 g/mol. The lowest BCUT2D eigenvalue weighted by Gasteiger charge is -2.25. The molecule has 0 spiro atoms. The molecule has 2 heterocycles. The van der Waals surface area contributed by atoms with Crippen molar-refractivity contribution in [2.45, 2.75) is 25.8 Å². The second kappa shape index (κ2) is 6.86. The van der Waals surface area contributed by atoms with E-state index in [0.717, 1.165) is 24.9 Å². The highest BCUT2D eigenvalue weighted by Gasteiger charge is 2.25. The van der Waals surface area contributed by atoms with Crippen molar-refractivity contribution in [3.63, 3.8) is 0 Å². The lowest BCUT2D eigenvalue weighted by Crippen LogP contribution is -2.31. The van der Waals surface area contributed by atoms with Crippen LogP contribution >= 0.6 is 11.6 Å². The molecule has 1 atom stereocenters. The number of aromatic nitrogens is 1. The van der Waals surface area contributed by atoms with E-state index in [1.165, 1.54) is 27.7 Å². The van der Waals surface area contributed by atoms with Gasteiger partial charge in [0.15, 0.2) is 11.5 Å². The molecule has 26 heavy (non-hydrogen) atoms. The zero-order chi connectivity index (χ0) is 18.3. The molecule has 136 valence electrons. The normalized spacial score (nSPS) is 16.5. The van der Waals surface area contributed by atoms with Crippen LogP contribution in [0.1, 0.15) is 28.4 Å². The van der Waals surface area contributed by atoms with E-state index in [-0.39, 0.29) is 6.04 Å². The van der Waals surface area contributed by atoms with Gasteiger partial charge in [-0.3, -0.25) is 0 Å². The minimum atomic E-state index is 0.196. The summed E-state index contributed by atoms with van der Waals surface area (Å²) < 4.78 is 10.8. The Hall–Kier alpha value is -2.17. The van der Waals surface area contributed by atoms with Crippen molar-refractivity contribution in [2.24, 2.45) is 0 Å². The maximum absolute atomic E-state index is 6.60. The van der Waals surface area contributed by atoms with Crippen LogP contribution in [0.3, 0.4) is 0 Å². The Balaban J connectivity index is 1.72. The molecule has 2 N–H and O–H groups in total. The second-order valence-electron chi connectivity index (χ2n) is 6.80. The molecule has 1 aromatic heterocycles. The fourth-order valence-electron chi connectivity index (χ4n) is 3.90. The number of halogens is 1. The van der Waals surface area contributed by atoms with Gasteiger partial charge >= 0.3 is 0 Å². The maximum Gasteiger partial charge on any atom is 0.179 e. The number of fused-ring (bicyclic) bond motifs is 3. The van der Waals surface area contributed by atoms with Gasteiger partial charge in [-0.05, 0) is 55.6 Å². The number of hydrogen-bond donors (Lipinski definition) is 2. The molecule has 0 amide bonds. The topological polar surface area (TPSA) is 46.3 Å². The molecule has 0 bridgehead atoms. The Kier molecular flexibility index (Phi) is 4.55. The highest BCUT2D eigenvalue weighted by molar-refractivity contribution is 6.33. The highest BCUT2D eigenvalue weighted by Crippen LogP contribution is 2.40. The third-order valence-corrected chi connectivity index (χ3v) is 5.61. The molecular formula is C21H23ClN2O2. The lowest BCUT2D eigenvalue weighted by molar-refractivity contribution is 0.354. The predicted molar refractivity (Wildman–Crippen MR) is 106 cm³/mol. The van der Waals surface area contributed by atoms with Crippen LogP contribution < -0.4 is 14.8 Å². The molecular weight excluding hydrogens is 348 g/mol. The standard InChI is InChI=1S/C21H23ClN2O2/c1-12-4-6-16-15(10-12)14-8-9-23-17(20(14)24-16)11-13-5-7-18(25-2)21(26-3)19(13)22/h4-7,10,17,23-24H,8-9,11H2,1-3H3/t17-/m0/s1. The Morgan fingerprint density at radius 1 is 1.15 bits per heavy atom. The first kappa shape index (κ1) is 17.3. The van der Waals surface area contributed by atoms with Crippen molar-refractivity contribution in [3.8, 4) is 11.5 Å². The van der Waals surface area contributed by atoms with E-state index in [1.54, 1.807) is 14.2 Å². The van der Waals surface area contributed by atoms with E-state index in [9.17, 15) is 0 Å². The van der Waals surface area contributed by atoms with Gasteiger partial charge < -0.3 is 19.8 Å². The average Bonchev–Trinajstić information content (AvgIpc) is 3.02. The van der Waals surface area contributed by atoms with E-state index in [2.05, 4.69) is 35.4 Å². The van der Waals surface area contributed by atoms with Crippen molar-refractivity contribution >= 4 is 22.5 Å². The molecule has 0 fully saturated rings. The summed E-state index contributed by atoms with van der Waals surface area (Å²) >= 11 is 6.60. The van der Waals surface area contributed by atoms with Gasteiger partial charge in [0.25, 0.3) is 0 Å². The predicted octanol–water partition coefficient (Wildman–Crippen LogP) is 4.58. The average molecular weight is 371 g/mol. The number of H-pyrrole nitrogens is 1. The summed E-state index contributed by atoms with van der Waals surface area (Å²) in [5, 5.41) is 5.59. The third-order valence-electron chi connectivity index (χ3n) is 5.20. The first-order valence-corrected chi connectivity index (χ1v) is 9.24. The molecule has 4 rings (SSSR count). The number of nitrogens with one attached hydrogen (secondary N) is 2. The summed E-state index contributed by atoms with van der Waals surface area (Å²) in [6, 6.07) is 10.7. The number of hydrogen-bond acceptors (Lipinski definition) is 3. The van der Waals surface area contributed by atoms with E-state index in [4.69, 9.17) is 21.1 Å². The number of rotatable bonds is 4. The minimum absolute atomic E-state index is 0.196. The third kappa shape index (κ3) is 2.83. The van der Waals surface area contributed by atoms with Crippen LogP contribution in [0.5, 0.6) is 11.5 Å². The molecule has 0 radical (unpaired) electrons. The largest absolute Gasteiger partial charge is 0.493 e. The van der Waals surface area contributed by atoms with Gasteiger partial charge in [0.05, 0.1) is 25.3 Å². The molecule has 3 aromatic rings. The van der Waals surface area contributed by atoms with E-state index in [1.807, 2.05) is 12.1 Å². The zero-order valence-corrected chi connectivity index (χ0v) is 16.0. The molecule has 4 nitrogen and oxygen atoms in total. The number of methoxy groups -OCH3 is 2. The first-order valence-electron chi connectivity index (χ1n) is 8.86. The summed E-state index contributed by atoms with van der Waals surface area (Å²) in [4.78, 5) is 3.62. The van der Waals surface area contributed by atoms with Crippen LogP contribution in [0, 0.1) is 6.92 Å². The SMILES string of the molecule is COc1ccc(C[C@@H]2NCCc3c2[nH]c2ccc(C)cc32)c(Cl)c1OC. The van der Waals surface area contributed by atoms with Crippen molar-refractivity contribution < 1.29 is 9.47 Å². The van der Waals surface area contributed by atoms with Crippen molar-refractivity contribution in [2.75, 3.05) is 20.8 Å². The summed E-state index contributed by atoms with van der Waals surface area (Å²) in [5.74, 6) is 1.25. The number of benzene rings is 2. The van der Waals surface area contributed by atoms with Crippen LogP contribution in [0.15, 0.2) is 30.3 Å². The lowest BCUT2D eigenvalue weighted by atomic mass is 9.94. The minimum Gasteiger partial charge on any atom is -0.493 e. The van der Waals surface area contributed by atoms with Gasteiger partial charge in [-0.2, -0.15) is 0 Å². The van der Waals surface area contributed by atoms with Gasteiger partial charge in [-0.1, -0.05) is 29.3 Å². The highest BCUT2D eigenvalue weighted by atomic mass is 35.5. The van der Waals surface area contributed by atoms with Gasteiger partial charge in [0.1, 0.15) is 0 Å². The molecule has 5 heteroatoms. The molecule has 0 aliphatic carbocycles.